The number of hydrogen-bond acceptors (Lipinski definition) is 2. The van der Waals surface area contributed by atoms with Gasteiger partial charge >= 0.3 is 0 Å². The topological polar surface area (TPSA) is 44.1 Å². The number of rotatable bonds is 1. The van der Waals surface area contributed by atoms with E-state index in [4.69, 9.17) is 5.41 Å². The lowest BCUT2D eigenvalue weighted by Gasteiger charge is -2.26. The van der Waals surface area contributed by atoms with Gasteiger partial charge in [-0.25, -0.2) is 0 Å². The maximum atomic E-state index is 10.2. The van der Waals surface area contributed by atoms with E-state index in [1.807, 2.05) is 6.07 Å². The van der Waals surface area contributed by atoms with Gasteiger partial charge in [-0.3, -0.25) is 0 Å². The van der Waals surface area contributed by atoms with Crippen molar-refractivity contribution in [2.24, 2.45) is 0 Å². The first-order valence-electron chi connectivity index (χ1n) is 5.96. The molecule has 0 atom stereocenters. The van der Waals surface area contributed by atoms with Gasteiger partial charge in [0.1, 0.15) is 5.75 Å². The minimum atomic E-state index is -0.122. The maximum absolute atomic E-state index is 10.2. The monoisotopic (exact) mass is 233 g/mol. The molecule has 2 heteroatoms. The zero-order chi connectivity index (χ0) is 13.4. The highest BCUT2D eigenvalue weighted by Crippen LogP contribution is 2.36. The van der Waals surface area contributed by atoms with Gasteiger partial charge in [-0.05, 0) is 22.5 Å². The van der Waals surface area contributed by atoms with E-state index in [1.54, 1.807) is 0 Å². The molecule has 0 spiro atoms. The fraction of sp³-hybridized carbons (Fsp3) is 0.533. The number of benzene rings is 1. The summed E-state index contributed by atoms with van der Waals surface area (Å²) in [5.41, 5.74) is 2.55. The SMILES string of the molecule is CC(C)(C)c1cc(C=N)c(O)c(C(C)(C)C)c1. The number of nitrogens with one attached hydrogen (secondary N) is 1. The van der Waals surface area contributed by atoms with Crippen LogP contribution in [0.25, 0.3) is 0 Å². The molecule has 0 amide bonds. The molecule has 0 unspecified atom stereocenters. The van der Waals surface area contributed by atoms with Gasteiger partial charge in [0.25, 0.3) is 0 Å². The van der Waals surface area contributed by atoms with Gasteiger partial charge < -0.3 is 10.5 Å². The van der Waals surface area contributed by atoms with Crippen molar-refractivity contribution in [2.45, 2.75) is 52.4 Å². The van der Waals surface area contributed by atoms with Crippen molar-refractivity contribution in [3.05, 3.63) is 28.8 Å². The Bertz CT molecular complexity index is 433. The summed E-state index contributed by atoms with van der Waals surface area (Å²) in [6.07, 6.45) is 1.22. The number of phenolic OH excluding ortho intramolecular Hbond substituents is 1. The molecule has 0 saturated carbocycles. The molecule has 0 aliphatic carbocycles. The Morgan fingerprint density at radius 2 is 1.53 bits per heavy atom. The first kappa shape index (κ1) is 13.8. The molecule has 0 aliphatic heterocycles. The molecular formula is C15H23NO. The minimum Gasteiger partial charge on any atom is -0.507 e. The molecule has 0 bridgehead atoms. The lowest BCUT2D eigenvalue weighted by Crippen LogP contribution is -2.17. The largest absolute Gasteiger partial charge is 0.507 e. The normalized spacial score (nSPS) is 12.6. The Morgan fingerprint density at radius 3 is 1.88 bits per heavy atom. The van der Waals surface area contributed by atoms with Crippen molar-refractivity contribution < 1.29 is 5.11 Å². The van der Waals surface area contributed by atoms with Crippen LogP contribution in [-0.4, -0.2) is 11.3 Å². The molecule has 0 radical (unpaired) electrons. The zero-order valence-corrected chi connectivity index (χ0v) is 11.7. The summed E-state index contributed by atoms with van der Waals surface area (Å²) in [6, 6.07) is 3.96. The summed E-state index contributed by atoms with van der Waals surface area (Å²) in [4.78, 5) is 0. The van der Waals surface area contributed by atoms with E-state index in [0.29, 0.717) is 5.56 Å². The quantitative estimate of drug-likeness (QED) is 0.708. The predicted octanol–water partition coefficient (Wildman–Crippen LogP) is 3.98. The highest BCUT2D eigenvalue weighted by atomic mass is 16.3. The Balaban J connectivity index is 3.56. The summed E-state index contributed by atoms with van der Waals surface area (Å²) >= 11 is 0. The van der Waals surface area contributed by atoms with Gasteiger partial charge in [-0.15, -0.1) is 0 Å². The molecule has 17 heavy (non-hydrogen) atoms. The van der Waals surface area contributed by atoms with Gasteiger partial charge in [-0.1, -0.05) is 47.6 Å². The second-order valence-corrected chi connectivity index (χ2v) is 6.61. The Labute approximate surface area is 104 Å². The lowest BCUT2D eigenvalue weighted by molar-refractivity contribution is 0.444. The molecule has 0 aliphatic rings. The van der Waals surface area contributed by atoms with Crippen LogP contribution in [-0.2, 0) is 10.8 Å². The first-order chi connectivity index (χ1) is 7.57. The fourth-order valence-corrected chi connectivity index (χ4v) is 1.77. The average molecular weight is 233 g/mol. The van der Waals surface area contributed by atoms with E-state index in [1.165, 1.54) is 6.21 Å². The smallest absolute Gasteiger partial charge is 0.128 e. The van der Waals surface area contributed by atoms with Crippen LogP contribution in [0.15, 0.2) is 12.1 Å². The molecule has 0 saturated heterocycles. The van der Waals surface area contributed by atoms with E-state index in [-0.39, 0.29) is 16.6 Å². The minimum absolute atomic E-state index is 0.0193. The molecular weight excluding hydrogens is 210 g/mol. The van der Waals surface area contributed by atoms with Crippen LogP contribution in [0, 0.1) is 5.41 Å². The summed E-state index contributed by atoms with van der Waals surface area (Å²) in [6.45, 7) is 12.6. The molecule has 1 aromatic rings. The summed E-state index contributed by atoms with van der Waals surface area (Å²) < 4.78 is 0. The van der Waals surface area contributed by atoms with Crippen molar-refractivity contribution in [1.82, 2.24) is 0 Å². The van der Waals surface area contributed by atoms with Gasteiger partial charge in [0.05, 0.1) is 0 Å². The van der Waals surface area contributed by atoms with Crippen molar-refractivity contribution >= 4 is 6.21 Å². The zero-order valence-electron chi connectivity index (χ0n) is 11.7. The van der Waals surface area contributed by atoms with Gasteiger partial charge in [0, 0.05) is 17.3 Å². The van der Waals surface area contributed by atoms with Crippen LogP contribution >= 0.6 is 0 Å². The van der Waals surface area contributed by atoms with E-state index in [2.05, 4.69) is 47.6 Å². The highest BCUT2D eigenvalue weighted by Gasteiger charge is 2.24. The standard InChI is InChI=1S/C15H23NO/c1-14(2,3)11-7-10(9-16)13(17)12(8-11)15(4,5)6/h7-9,16-17H,1-6H3. The molecule has 0 heterocycles. The van der Waals surface area contributed by atoms with E-state index >= 15 is 0 Å². The number of hydrogen-bond donors (Lipinski definition) is 2. The second kappa shape index (κ2) is 4.17. The first-order valence-corrected chi connectivity index (χ1v) is 5.96. The van der Waals surface area contributed by atoms with Gasteiger partial charge in [-0.2, -0.15) is 0 Å². The third-order valence-corrected chi connectivity index (χ3v) is 2.97. The Hall–Kier alpha value is -1.31. The third-order valence-electron chi connectivity index (χ3n) is 2.97. The van der Waals surface area contributed by atoms with Crippen molar-refractivity contribution in [2.75, 3.05) is 0 Å². The second-order valence-electron chi connectivity index (χ2n) is 6.61. The summed E-state index contributed by atoms with van der Waals surface area (Å²) in [5.74, 6) is 0.237. The summed E-state index contributed by atoms with van der Waals surface area (Å²) in [7, 11) is 0. The van der Waals surface area contributed by atoms with Crippen molar-refractivity contribution in [3.8, 4) is 5.75 Å². The van der Waals surface area contributed by atoms with Crippen LogP contribution in [0.5, 0.6) is 5.75 Å². The van der Waals surface area contributed by atoms with E-state index in [0.717, 1.165) is 11.1 Å². The Kier molecular flexibility index (Phi) is 3.37. The summed E-state index contributed by atoms with van der Waals surface area (Å²) in [5, 5.41) is 17.6. The van der Waals surface area contributed by atoms with Gasteiger partial charge in [0.2, 0.25) is 0 Å². The Morgan fingerprint density at radius 1 is 1.00 bits per heavy atom. The lowest BCUT2D eigenvalue weighted by atomic mass is 9.79. The molecule has 2 nitrogen and oxygen atoms in total. The molecule has 0 aromatic heterocycles. The maximum Gasteiger partial charge on any atom is 0.128 e. The molecule has 94 valence electrons. The number of phenols is 1. The average Bonchev–Trinajstić information content (AvgIpc) is 2.14. The van der Waals surface area contributed by atoms with Crippen LogP contribution in [0.4, 0.5) is 0 Å². The van der Waals surface area contributed by atoms with E-state index in [9.17, 15) is 5.11 Å². The van der Waals surface area contributed by atoms with Crippen molar-refractivity contribution in [1.29, 1.82) is 5.41 Å². The van der Waals surface area contributed by atoms with Crippen LogP contribution < -0.4 is 0 Å². The molecule has 1 aromatic carbocycles. The van der Waals surface area contributed by atoms with Crippen LogP contribution in [0.1, 0.15) is 58.2 Å². The molecule has 2 N–H and O–H groups in total. The molecule has 0 fully saturated rings. The number of aromatic hydroxyl groups is 1. The third kappa shape index (κ3) is 2.87. The van der Waals surface area contributed by atoms with Crippen LogP contribution in [0.3, 0.4) is 0 Å². The predicted molar refractivity (Wildman–Crippen MR) is 73.4 cm³/mol. The fourth-order valence-electron chi connectivity index (χ4n) is 1.77. The van der Waals surface area contributed by atoms with Crippen LogP contribution in [0.2, 0.25) is 0 Å². The van der Waals surface area contributed by atoms with Crippen molar-refractivity contribution in [3.63, 3.8) is 0 Å². The highest BCUT2D eigenvalue weighted by molar-refractivity contribution is 5.82. The van der Waals surface area contributed by atoms with E-state index < -0.39 is 0 Å². The van der Waals surface area contributed by atoms with Gasteiger partial charge in [0.15, 0.2) is 0 Å². The molecule has 1 rings (SSSR count).